The van der Waals surface area contributed by atoms with Crippen LogP contribution < -0.4 is 10.0 Å². The van der Waals surface area contributed by atoms with E-state index in [1.807, 2.05) is 19.1 Å². The zero-order valence-corrected chi connectivity index (χ0v) is 16.7. The predicted molar refractivity (Wildman–Crippen MR) is 107 cm³/mol. The molecule has 150 valence electrons. The summed E-state index contributed by atoms with van der Waals surface area (Å²) in [6.45, 7) is 2.04. The van der Waals surface area contributed by atoms with Crippen molar-refractivity contribution >= 4 is 21.6 Å². The molecular weight excluding hydrogens is 379 g/mol. The van der Waals surface area contributed by atoms with Gasteiger partial charge in [0.15, 0.2) is 0 Å². The van der Waals surface area contributed by atoms with Gasteiger partial charge in [0.2, 0.25) is 10.0 Å². The Bertz CT molecular complexity index is 937. The highest BCUT2D eigenvalue weighted by Gasteiger charge is 2.25. The van der Waals surface area contributed by atoms with E-state index >= 15 is 0 Å². The Balaban J connectivity index is 1.78. The first-order valence-corrected chi connectivity index (χ1v) is 11.1. The fourth-order valence-corrected chi connectivity index (χ4v) is 4.79. The van der Waals surface area contributed by atoms with Crippen LogP contribution in [-0.4, -0.2) is 20.4 Å². The number of carbonyl (C=O) groups is 1. The number of nitrogens with one attached hydrogen (secondary N) is 2. The van der Waals surface area contributed by atoms with Gasteiger partial charge in [-0.05, 0) is 55.2 Å². The van der Waals surface area contributed by atoms with Crippen LogP contribution in [0.15, 0.2) is 47.4 Å². The molecule has 0 aliphatic heterocycles. The molecule has 5 nitrogen and oxygen atoms in total. The van der Waals surface area contributed by atoms with E-state index in [9.17, 15) is 17.6 Å². The lowest BCUT2D eigenvalue weighted by Gasteiger charge is -2.22. The van der Waals surface area contributed by atoms with E-state index in [1.54, 1.807) is 12.1 Å². The first-order valence-electron chi connectivity index (χ1n) is 9.61. The summed E-state index contributed by atoms with van der Waals surface area (Å²) in [6, 6.07) is 10.6. The minimum absolute atomic E-state index is 0.0880. The summed E-state index contributed by atoms with van der Waals surface area (Å²) in [5.41, 5.74) is 1.82. The number of halogens is 1. The molecule has 0 heterocycles. The van der Waals surface area contributed by atoms with Crippen molar-refractivity contribution in [1.82, 2.24) is 4.72 Å². The van der Waals surface area contributed by atoms with Crippen LogP contribution in [-0.2, 0) is 16.4 Å². The Morgan fingerprint density at radius 3 is 2.39 bits per heavy atom. The average Bonchev–Trinajstić information content (AvgIpc) is 2.69. The second-order valence-electron chi connectivity index (χ2n) is 7.11. The molecule has 0 bridgehead atoms. The number of hydrogen-bond acceptors (Lipinski definition) is 3. The van der Waals surface area contributed by atoms with Crippen molar-refractivity contribution in [1.29, 1.82) is 0 Å². The van der Waals surface area contributed by atoms with Crippen molar-refractivity contribution in [3.8, 4) is 0 Å². The molecule has 0 spiro atoms. The number of benzene rings is 2. The summed E-state index contributed by atoms with van der Waals surface area (Å²) in [5.74, 6) is -1.36. The SMILES string of the molecule is CCc1ccc(NC(=O)c2ccc(F)c(S(=O)(=O)NC3CCCCC3)c2)cc1. The summed E-state index contributed by atoms with van der Waals surface area (Å²) >= 11 is 0. The van der Waals surface area contributed by atoms with E-state index in [2.05, 4.69) is 10.0 Å². The molecular formula is C21H25FN2O3S. The van der Waals surface area contributed by atoms with Gasteiger partial charge in [0.05, 0.1) is 0 Å². The number of amides is 1. The van der Waals surface area contributed by atoms with Crippen LogP contribution in [0, 0.1) is 5.82 Å². The van der Waals surface area contributed by atoms with Gasteiger partial charge in [-0.3, -0.25) is 4.79 Å². The Kier molecular flexibility index (Phi) is 6.46. The number of sulfonamides is 1. The number of anilines is 1. The number of hydrogen-bond donors (Lipinski definition) is 2. The third-order valence-electron chi connectivity index (χ3n) is 5.03. The van der Waals surface area contributed by atoms with Gasteiger partial charge in [0, 0.05) is 17.3 Å². The predicted octanol–water partition coefficient (Wildman–Crippen LogP) is 4.25. The normalized spacial score (nSPS) is 15.4. The number of rotatable bonds is 6. The number of carbonyl (C=O) groups excluding carboxylic acids is 1. The lowest BCUT2D eigenvalue weighted by atomic mass is 9.96. The van der Waals surface area contributed by atoms with Crippen LogP contribution in [0.1, 0.15) is 54.9 Å². The first-order chi connectivity index (χ1) is 13.4. The highest BCUT2D eigenvalue weighted by atomic mass is 32.2. The monoisotopic (exact) mass is 404 g/mol. The van der Waals surface area contributed by atoms with Crippen LogP contribution in [0.5, 0.6) is 0 Å². The van der Waals surface area contributed by atoms with Crippen LogP contribution in [0.3, 0.4) is 0 Å². The molecule has 1 amide bonds. The lowest BCUT2D eigenvalue weighted by molar-refractivity contribution is 0.102. The first kappa shape index (κ1) is 20.5. The fraction of sp³-hybridized carbons (Fsp3) is 0.381. The standard InChI is InChI=1S/C21H25FN2O3S/c1-2-15-8-11-17(12-9-15)23-21(25)16-10-13-19(22)20(14-16)28(26,27)24-18-6-4-3-5-7-18/h8-14,18,24H,2-7H2,1H3,(H,23,25). The summed E-state index contributed by atoms with van der Waals surface area (Å²) in [6.07, 6.45) is 5.37. The molecule has 1 aliphatic rings. The van der Waals surface area contributed by atoms with Crippen molar-refractivity contribution < 1.29 is 17.6 Å². The molecule has 1 fully saturated rings. The van der Waals surface area contributed by atoms with E-state index in [0.717, 1.165) is 56.2 Å². The van der Waals surface area contributed by atoms with E-state index < -0.39 is 26.6 Å². The molecule has 0 saturated heterocycles. The van der Waals surface area contributed by atoms with Crippen molar-refractivity contribution in [2.75, 3.05) is 5.32 Å². The van der Waals surface area contributed by atoms with Gasteiger partial charge >= 0.3 is 0 Å². The Morgan fingerprint density at radius 1 is 1.07 bits per heavy atom. The van der Waals surface area contributed by atoms with Gasteiger partial charge in [0.1, 0.15) is 10.7 Å². The molecule has 0 unspecified atom stereocenters. The molecule has 0 atom stereocenters. The van der Waals surface area contributed by atoms with Crippen LogP contribution in [0.25, 0.3) is 0 Å². The van der Waals surface area contributed by atoms with Crippen LogP contribution in [0.2, 0.25) is 0 Å². The Hall–Kier alpha value is -2.25. The Labute approximate surface area is 165 Å². The highest BCUT2D eigenvalue weighted by Crippen LogP contribution is 2.22. The molecule has 2 aromatic rings. The average molecular weight is 405 g/mol. The molecule has 0 radical (unpaired) electrons. The van der Waals surface area contributed by atoms with Gasteiger partial charge < -0.3 is 5.32 Å². The van der Waals surface area contributed by atoms with Crippen molar-refractivity contribution in [2.24, 2.45) is 0 Å². The highest BCUT2D eigenvalue weighted by molar-refractivity contribution is 7.89. The molecule has 2 aromatic carbocycles. The third-order valence-corrected chi connectivity index (χ3v) is 6.57. The van der Waals surface area contributed by atoms with Crippen LogP contribution in [0.4, 0.5) is 10.1 Å². The van der Waals surface area contributed by atoms with Crippen molar-refractivity contribution in [3.63, 3.8) is 0 Å². The largest absolute Gasteiger partial charge is 0.322 e. The Morgan fingerprint density at radius 2 is 1.75 bits per heavy atom. The third kappa shape index (κ3) is 4.97. The molecule has 1 saturated carbocycles. The van der Waals surface area contributed by atoms with E-state index in [4.69, 9.17) is 0 Å². The zero-order chi connectivity index (χ0) is 20.1. The van der Waals surface area contributed by atoms with Crippen LogP contribution >= 0.6 is 0 Å². The quantitative estimate of drug-likeness (QED) is 0.756. The minimum atomic E-state index is -4.03. The molecule has 1 aliphatic carbocycles. The van der Waals surface area contributed by atoms with Gasteiger partial charge in [0.25, 0.3) is 5.91 Å². The molecule has 3 rings (SSSR count). The minimum Gasteiger partial charge on any atom is -0.322 e. The molecule has 7 heteroatoms. The summed E-state index contributed by atoms with van der Waals surface area (Å²) in [7, 11) is -4.03. The van der Waals surface area contributed by atoms with E-state index in [1.165, 1.54) is 6.07 Å². The maximum absolute atomic E-state index is 14.2. The second kappa shape index (κ2) is 8.84. The van der Waals surface area contributed by atoms with Gasteiger partial charge in [-0.15, -0.1) is 0 Å². The topological polar surface area (TPSA) is 75.3 Å². The molecule has 28 heavy (non-hydrogen) atoms. The van der Waals surface area contributed by atoms with Crippen molar-refractivity contribution in [2.45, 2.75) is 56.4 Å². The van der Waals surface area contributed by atoms with Gasteiger partial charge in [-0.1, -0.05) is 38.3 Å². The number of aryl methyl sites for hydroxylation is 1. The lowest BCUT2D eigenvalue weighted by Crippen LogP contribution is -2.36. The molecule has 0 aromatic heterocycles. The van der Waals surface area contributed by atoms with Gasteiger partial charge in [-0.25, -0.2) is 17.5 Å². The fourth-order valence-electron chi connectivity index (χ4n) is 3.38. The maximum atomic E-state index is 14.2. The van der Waals surface area contributed by atoms with Crippen molar-refractivity contribution in [3.05, 3.63) is 59.4 Å². The smallest absolute Gasteiger partial charge is 0.255 e. The zero-order valence-electron chi connectivity index (χ0n) is 15.9. The summed E-state index contributed by atoms with van der Waals surface area (Å²) in [4.78, 5) is 12.0. The molecule has 2 N–H and O–H groups in total. The summed E-state index contributed by atoms with van der Waals surface area (Å²) < 4.78 is 42.1. The van der Waals surface area contributed by atoms with E-state index in [0.29, 0.717) is 5.69 Å². The van der Waals surface area contributed by atoms with Gasteiger partial charge in [-0.2, -0.15) is 0 Å². The maximum Gasteiger partial charge on any atom is 0.255 e. The van der Waals surface area contributed by atoms with E-state index in [-0.39, 0.29) is 11.6 Å². The summed E-state index contributed by atoms with van der Waals surface area (Å²) in [5, 5.41) is 2.71. The second-order valence-corrected chi connectivity index (χ2v) is 8.79.